The van der Waals surface area contributed by atoms with Crippen molar-refractivity contribution < 1.29 is 0 Å². The monoisotopic (exact) mass is 224 g/mol. The van der Waals surface area contributed by atoms with E-state index in [0.29, 0.717) is 11.3 Å². The first-order chi connectivity index (χ1) is 8.34. The molecule has 3 aromatic rings. The fraction of sp³-hybridized carbons (Fsp3) is 0. The molecule has 5 nitrogen and oxygen atoms in total. The van der Waals surface area contributed by atoms with Crippen molar-refractivity contribution in [3.63, 3.8) is 0 Å². The fourth-order valence-corrected chi connectivity index (χ4v) is 1.64. The minimum absolute atomic E-state index is 0.345. The van der Waals surface area contributed by atoms with Gasteiger partial charge in [0.1, 0.15) is 12.1 Å². The van der Waals surface area contributed by atoms with Crippen LogP contribution in [0.25, 0.3) is 16.7 Å². The molecular weight excluding hydrogens is 216 g/mol. The molecule has 5 heteroatoms. The summed E-state index contributed by atoms with van der Waals surface area (Å²) in [4.78, 5) is 23.7. The van der Waals surface area contributed by atoms with Crippen molar-refractivity contribution in [1.29, 1.82) is 0 Å². The van der Waals surface area contributed by atoms with Crippen LogP contribution in [0.2, 0.25) is 0 Å². The van der Waals surface area contributed by atoms with Crippen LogP contribution in [0.15, 0.2) is 53.8 Å². The second-order valence-electron chi connectivity index (χ2n) is 3.52. The predicted molar refractivity (Wildman–Crippen MR) is 62.9 cm³/mol. The van der Waals surface area contributed by atoms with E-state index < -0.39 is 0 Å². The first kappa shape index (κ1) is 9.65. The van der Waals surface area contributed by atoms with E-state index in [1.54, 1.807) is 24.5 Å². The Morgan fingerprint density at radius 1 is 1.12 bits per heavy atom. The zero-order valence-electron chi connectivity index (χ0n) is 8.82. The number of hydrogen-bond acceptors (Lipinski definition) is 4. The summed E-state index contributed by atoms with van der Waals surface area (Å²) in [6.07, 6.45) is 4.72. The summed E-state index contributed by atoms with van der Waals surface area (Å²) >= 11 is 0. The molecule has 0 aliphatic carbocycles. The van der Waals surface area contributed by atoms with Gasteiger partial charge in [0.15, 0.2) is 0 Å². The predicted octanol–water partition coefficient (Wildman–Crippen LogP) is 1.18. The third kappa shape index (κ3) is 1.67. The Hall–Kier alpha value is -2.56. The van der Waals surface area contributed by atoms with Crippen LogP contribution in [0.3, 0.4) is 0 Å². The zero-order chi connectivity index (χ0) is 11.7. The fourth-order valence-electron chi connectivity index (χ4n) is 1.64. The van der Waals surface area contributed by atoms with Gasteiger partial charge in [0, 0.05) is 17.8 Å². The van der Waals surface area contributed by atoms with Gasteiger partial charge in [0.25, 0.3) is 0 Å². The topological polar surface area (TPSA) is 60.7 Å². The van der Waals surface area contributed by atoms with E-state index >= 15 is 0 Å². The highest BCUT2D eigenvalue weighted by Gasteiger charge is 2.03. The molecule has 0 saturated carbocycles. The second-order valence-corrected chi connectivity index (χ2v) is 3.52. The van der Waals surface area contributed by atoms with E-state index in [1.807, 2.05) is 18.2 Å². The summed E-state index contributed by atoms with van der Waals surface area (Å²) < 4.78 is 1.41. The van der Waals surface area contributed by atoms with Crippen molar-refractivity contribution in [3.8, 4) is 5.82 Å². The molecule has 0 N–H and O–H groups in total. The summed E-state index contributed by atoms with van der Waals surface area (Å²) in [6.45, 7) is 0. The first-order valence-electron chi connectivity index (χ1n) is 5.09. The molecule has 0 radical (unpaired) electrons. The van der Waals surface area contributed by atoms with Crippen molar-refractivity contribution in [1.82, 2.24) is 19.5 Å². The van der Waals surface area contributed by atoms with Crippen molar-refractivity contribution in [2.75, 3.05) is 0 Å². The summed E-state index contributed by atoms with van der Waals surface area (Å²) in [5.74, 6) is 0.517. The summed E-state index contributed by atoms with van der Waals surface area (Å²) in [5, 5.41) is 0.894. The Bertz CT molecular complexity index is 721. The normalized spacial score (nSPS) is 10.6. The molecule has 0 saturated heterocycles. The van der Waals surface area contributed by atoms with E-state index in [0.717, 1.165) is 5.39 Å². The van der Waals surface area contributed by atoms with E-state index in [1.165, 1.54) is 10.9 Å². The number of fused-ring (bicyclic) bond motifs is 1. The van der Waals surface area contributed by atoms with E-state index in [-0.39, 0.29) is 5.69 Å². The van der Waals surface area contributed by atoms with Crippen LogP contribution in [0.4, 0.5) is 0 Å². The minimum atomic E-state index is -0.345. The average molecular weight is 224 g/mol. The van der Waals surface area contributed by atoms with Crippen molar-refractivity contribution in [3.05, 3.63) is 59.5 Å². The third-order valence-electron chi connectivity index (χ3n) is 2.44. The number of nitrogens with zero attached hydrogens (tertiary/aromatic N) is 4. The smallest absolute Gasteiger partial charge is 0.251 e. The van der Waals surface area contributed by atoms with Gasteiger partial charge >= 0.3 is 5.69 Å². The van der Waals surface area contributed by atoms with Gasteiger partial charge < -0.3 is 0 Å². The molecule has 0 atom stereocenters. The van der Waals surface area contributed by atoms with Crippen molar-refractivity contribution in [2.24, 2.45) is 0 Å². The largest absolute Gasteiger partial charge is 0.353 e. The van der Waals surface area contributed by atoms with Gasteiger partial charge in [-0.2, -0.15) is 4.98 Å². The number of hydrogen-bond donors (Lipinski definition) is 0. The Kier molecular flexibility index (Phi) is 2.15. The van der Waals surface area contributed by atoms with E-state index in [4.69, 9.17) is 0 Å². The SMILES string of the molecule is O=c1nc2ccccc2cn1-c1ccncn1. The lowest BCUT2D eigenvalue weighted by Crippen LogP contribution is -2.21. The maximum atomic E-state index is 11.8. The first-order valence-corrected chi connectivity index (χ1v) is 5.09. The van der Waals surface area contributed by atoms with E-state index in [9.17, 15) is 4.79 Å². The molecule has 0 unspecified atom stereocenters. The highest BCUT2D eigenvalue weighted by Crippen LogP contribution is 2.09. The van der Waals surface area contributed by atoms with Gasteiger partial charge in [-0.15, -0.1) is 0 Å². The lowest BCUT2D eigenvalue weighted by Gasteiger charge is -2.04. The van der Waals surface area contributed by atoms with Gasteiger partial charge in [0.05, 0.1) is 5.52 Å². The summed E-state index contributed by atoms with van der Waals surface area (Å²) in [7, 11) is 0. The number of aromatic nitrogens is 4. The third-order valence-corrected chi connectivity index (χ3v) is 2.44. The van der Waals surface area contributed by atoms with Crippen LogP contribution in [-0.2, 0) is 0 Å². The molecular formula is C12H8N4O. The Morgan fingerprint density at radius 2 is 2.00 bits per heavy atom. The molecule has 0 bridgehead atoms. The standard InChI is InChI=1S/C12H8N4O/c17-12-15-10-4-2-1-3-9(10)7-16(12)11-5-6-13-8-14-11/h1-8H. The molecule has 0 amide bonds. The molecule has 0 spiro atoms. The zero-order valence-corrected chi connectivity index (χ0v) is 8.82. The summed E-state index contributed by atoms with van der Waals surface area (Å²) in [5.41, 5.74) is 0.338. The lowest BCUT2D eigenvalue weighted by atomic mass is 10.2. The van der Waals surface area contributed by atoms with Crippen LogP contribution < -0.4 is 5.69 Å². The van der Waals surface area contributed by atoms with Gasteiger partial charge in [-0.1, -0.05) is 18.2 Å². The van der Waals surface area contributed by atoms with E-state index in [2.05, 4.69) is 15.0 Å². The summed E-state index contributed by atoms with van der Waals surface area (Å²) in [6, 6.07) is 9.13. The maximum Gasteiger partial charge on any atom is 0.353 e. The lowest BCUT2D eigenvalue weighted by molar-refractivity contribution is 0.891. The molecule has 2 aromatic heterocycles. The molecule has 0 fully saturated rings. The van der Waals surface area contributed by atoms with Crippen molar-refractivity contribution in [2.45, 2.75) is 0 Å². The number of benzene rings is 1. The minimum Gasteiger partial charge on any atom is -0.251 e. The average Bonchev–Trinajstić information content (AvgIpc) is 2.39. The van der Waals surface area contributed by atoms with Gasteiger partial charge in [-0.05, 0) is 12.1 Å². The molecule has 0 aliphatic heterocycles. The Morgan fingerprint density at radius 3 is 2.82 bits per heavy atom. The van der Waals surface area contributed by atoms with Crippen LogP contribution in [0.1, 0.15) is 0 Å². The van der Waals surface area contributed by atoms with Crippen LogP contribution in [0.5, 0.6) is 0 Å². The number of rotatable bonds is 1. The van der Waals surface area contributed by atoms with Crippen LogP contribution in [0, 0.1) is 0 Å². The maximum absolute atomic E-state index is 11.8. The Labute approximate surface area is 96.4 Å². The molecule has 1 aromatic carbocycles. The van der Waals surface area contributed by atoms with Crippen LogP contribution >= 0.6 is 0 Å². The van der Waals surface area contributed by atoms with Crippen LogP contribution in [-0.4, -0.2) is 19.5 Å². The van der Waals surface area contributed by atoms with Gasteiger partial charge in [-0.3, -0.25) is 4.57 Å². The molecule has 3 rings (SSSR count). The highest BCUT2D eigenvalue weighted by molar-refractivity contribution is 5.77. The molecule has 82 valence electrons. The highest BCUT2D eigenvalue weighted by atomic mass is 16.1. The van der Waals surface area contributed by atoms with Gasteiger partial charge in [-0.25, -0.2) is 14.8 Å². The molecule has 0 aliphatic rings. The van der Waals surface area contributed by atoms with Gasteiger partial charge in [0.2, 0.25) is 0 Å². The number of para-hydroxylation sites is 1. The Balaban J connectivity index is 2.31. The quantitative estimate of drug-likeness (QED) is 0.622. The molecule has 2 heterocycles. The molecule has 17 heavy (non-hydrogen) atoms. The second kappa shape index (κ2) is 3.79. The van der Waals surface area contributed by atoms with Crippen molar-refractivity contribution >= 4 is 10.9 Å².